The molecule has 1 aromatic heterocycles. The summed E-state index contributed by atoms with van der Waals surface area (Å²) in [5, 5.41) is 3.77. The molecule has 0 fully saturated rings. The summed E-state index contributed by atoms with van der Waals surface area (Å²) in [5.74, 6) is -0.210. The van der Waals surface area contributed by atoms with E-state index in [2.05, 4.69) is 5.10 Å². The van der Waals surface area contributed by atoms with E-state index in [1.54, 1.807) is 13.1 Å². The number of aromatic nitrogens is 2. The van der Waals surface area contributed by atoms with Crippen LogP contribution < -0.4 is 9.46 Å². The molecule has 0 saturated heterocycles. The highest BCUT2D eigenvalue weighted by atomic mass is 32.2. The molecule has 0 unspecified atom stereocenters. The number of nitrogens with zero attached hydrogens (tertiary/aromatic N) is 2. The lowest BCUT2D eigenvalue weighted by atomic mass is 10.1. The molecular weight excluding hydrogens is 294 g/mol. The minimum Gasteiger partial charge on any atom is -0.496 e. The molecule has 21 heavy (non-hydrogen) atoms. The second-order valence-corrected chi connectivity index (χ2v) is 6.15. The zero-order valence-corrected chi connectivity index (χ0v) is 12.6. The van der Waals surface area contributed by atoms with Crippen LogP contribution in [0, 0.1) is 6.92 Å². The molecule has 0 spiro atoms. The van der Waals surface area contributed by atoms with E-state index in [1.807, 2.05) is 11.6 Å². The molecule has 0 bridgehead atoms. The normalized spacial score (nSPS) is 11.2. The second-order valence-electron chi connectivity index (χ2n) is 4.47. The van der Waals surface area contributed by atoms with Gasteiger partial charge < -0.3 is 4.74 Å². The van der Waals surface area contributed by atoms with Gasteiger partial charge in [0.15, 0.2) is 0 Å². The lowest BCUT2D eigenvalue weighted by molar-refractivity contribution is 0.0981. The van der Waals surface area contributed by atoms with Crippen LogP contribution in [0.2, 0.25) is 0 Å². The van der Waals surface area contributed by atoms with Crippen molar-refractivity contribution >= 4 is 15.9 Å². The van der Waals surface area contributed by atoms with Gasteiger partial charge in [0.2, 0.25) is 0 Å². The molecule has 1 amide bonds. The molecule has 112 valence electrons. The first-order chi connectivity index (χ1) is 9.83. The van der Waals surface area contributed by atoms with Crippen LogP contribution in [0.4, 0.5) is 0 Å². The van der Waals surface area contributed by atoms with Crippen molar-refractivity contribution in [2.45, 2.75) is 11.8 Å². The van der Waals surface area contributed by atoms with Crippen molar-refractivity contribution in [1.82, 2.24) is 14.5 Å². The fourth-order valence-corrected chi connectivity index (χ4v) is 2.70. The molecule has 0 aliphatic rings. The molecule has 0 aliphatic carbocycles. The molecule has 8 heteroatoms. The van der Waals surface area contributed by atoms with Crippen molar-refractivity contribution in [2.75, 3.05) is 7.11 Å². The lowest BCUT2D eigenvalue weighted by Crippen LogP contribution is -2.30. The van der Waals surface area contributed by atoms with Crippen molar-refractivity contribution in [1.29, 1.82) is 0 Å². The van der Waals surface area contributed by atoms with Gasteiger partial charge in [-0.3, -0.25) is 9.48 Å². The maximum Gasteiger partial charge on any atom is 0.267 e. The summed E-state index contributed by atoms with van der Waals surface area (Å²) in [4.78, 5) is 12.0. The van der Waals surface area contributed by atoms with E-state index in [4.69, 9.17) is 4.74 Å². The minimum absolute atomic E-state index is 0.0718. The first-order valence-corrected chi connectivity index (χ1v) is 7.52. The van der Waals surface area contributed by atoms with Gasteiger partial charge in [-0.25, -0.2) is 13.1 Å². The zero-order chi connectivity index (χ0) is 15.6. The summed E-state index contributed by atoms with van der Waals surface area (Å²) in [7, 11) is -0.869. The van der Waals surface area contributed by atoms with Crippen LogP contribution in [-0.2, 0) is 17.1 Å². The van der Waals surface area contributed by atoms with Gasteiger partial charge in [0, 0.05) is 18.8 Å². The molecule has 1 N–H and O–H groups in total. The van der Waals surface area contributed by atoms with Gasteiger partial charge in [-0.2, -0.15) is 5.10 Å². The van der Waals surface area contributed by atoms with Crippen molar-refractivity contribution < 1.29 is 17.9 Å². The molecule has 0 atom stereocenters. The van der Waals surface area contributed by atoms with Crippen molar-refractivity contribution in [3.8, 4) is 5.75 Å². The number of rotatable bonds is 4. The Morgan fingerprint density at radius 1 is 1.38 bits per heavy atom. The number of methoxy groups -OCH3 is 1. The van der Waals surface area contributed by atoms with E-state index in [9.17, 15) is 13.2 Å². The first-order valence-electron chi connectivity index (χ1n) is 6.04. The van der Waals surface area contributed by atoms with Crippen LogP contribution in [0.15, 0.2) is 35.5 Å². The number of ether oxygens (including phenoxy) is 1. The number of hydrogen-bond donors (Lipinski definition) is 1. The Morgan fingerprint density at radius 2 is 2.10 bits per heavy atom. The van der Waals surface area contributed by atoms with Gasteiger partial charge in [-0.1, -0.05) is 6.07 Å². The number of sulfonamides is 1. The average Bonchev–Trinajstić information content (AvgIpc) is 2.86. The Bertz CT molecular complexity index is 780. The predicted molar refractivity (Wildman–Crippen MR) is 75.6 cm³/mol. The SMILES string of the molecule is COc1cc(C(=O)NS(=O)(=O)c2cnn(C)c2)ccc1C. The van der Waals surface area contributed by atoms with E-state index in [1.165, 1.54) is 36.3 Å². The monoisotopic (exact) mass is 309 g/mol. The van der Waals surface area contributed by atoms with Gasteiger partial charge in [-0.15, -0.1) is 0 Å². The summed E-state index contributed by atoms with van der Waals surface area (Å²) in [6.45, 7) is 1.83. The summed E-state index contributed by atoms with van der Waals surface area (Å²) in [6.07, 6.45) is 2.48. The molecule has 0 saturated carbocycles. The summed E-state index contributed by atoms with van der Waals surface area (Å²) in [5.41, 5.74) is 1.05. The Morgan fingerprint density at radius 3 is 2.67 bits per heavy atom. The Labute approximate surface area is 122 Å². The number of carbonyl (C=O) groups excluding carboxylic acids is 1. The van der Waals surface area contributed by atoms with Gasteiger partial charge >= 0.3 is 0 Å². The molecule has 2 rings (SSSR count). The molecule has 0 radical (unpaired) electrons. The smallest absolute Gasteiger partial charge is 0.267 e. The van der Waals surface area contributed by atoms with Crippen molar-refractivity contribution in [3.63, 3.8) is 0 Å². The zero-order valence-electron chi connectivity index (χ0n) is 11.8. The number of carbonyl (C=O) groups is 1. The van der Waals surface area contributed by atoms with E-state index < -0.39 is 15.9 Å². The van der Waals surface area contributed by atoms with E-state index in [0.717, 1.165) is 5.56 Å². The third kappa shape index (κ3) is 3.22. The average molecular weight is 309 g/mol. The maximum atomic E-state index is 12.0. The topological polar surface area (TPSA) is 90.3 Å². The number of benzene rings is 1. The molecule has 1 aromatic carbocycles. The highest BCUT2D eigenvalue weighted by Gasteiger charge is 2.20. The third-order valence-electron chi connectivity index (χ3n) is 2.89. The van der Waals surface area contributed by atoms with Crippen LogP contribution >= 0.6 is 0 Å². The summed E-state index contributed by atoms with van der Waals surface area (Å²) in [6, 6.07) is 4.71. The second kappa shape index (κ2) is 5.57. The van der Waals surface area contributed by atoms with Gasteiger partial charge in [-0.05, 0) is 24.6 Å². The van der Waals surface area contributed by atoms with Crippen molar-refractivity contribution in [2.24, 2.45) is 7.05 Å². The Kier molecular flexibility index (Phi) is 3.99. The third-order valence-corrected chi connectivity index (χ3v) is 4.17. The van der Waals surface area contributed by atoms with Crippen LogP contribution in [-0.4, -0.2) is 31.2 Å². The molecule has 0 aliphatic heterocycles. The minimum atomic E-state index is -3.94. The first kappa shape index (κ1) is 15.0. The van der Waals surface area contributed by atoms with Gasteiger partial charge in [0.05, 0.1) is 13.3 Å². The quantitative estimate of drug-likeness (QED) is 0.904. The van der Waals surface area contributed by atoms with Crippen LogP contribution in [0.3, 0.4) is 0 Å². The van der Waals surface area contributed by atoms with E-state index in [-0.39, 0.29) is 10.5 Å². The highest BCUT2D eigenvalue weighted by Crippen LogP contribution is 2.19. The van der Waals surface area contributed by atoms with Crippen LogP contribution in [0.25, 0.3) is 0 Å². The fraction of sp³-hybridized carbons (Fsp3) is 0.231. The van der Waals surface area contributed by atoms with E-state index in [0.29, 0.717) is 5.75 Å². The number of hydrogen-bond acceptors (Lipinski definition) is 5. The number of aryl methyl sites for hydroxylation is 2. The Hall–Kier alpha value is -2.35. The fourth-order valence-electron chi connectivity index (χ4n) is 1.74. The van der Waals surface area contributed by atoms with Gasteiger partial charge in [0.25, 0.3) is 15.9 Å². The molecule has 2 aromatic rings. The Balaban J connectivity index is 2.25. The predicted octanol–water partition coefficient (Wildman–Crippen LogP) is 0.856. The number of nitrogens with one attached hydrogen (secondary N) is 1. The lowest BCUT2D eigenvalue weighted by Gasteiger charge is -2.08. The van der Waals surface area contributed by atoms with Crippen molar-refractivity contribution in [3.05, 3.63) is 41.7 Å². The maximum absolute atomic E-state index is 12.0. The van der Waals surface area contributed by atoms with Crippen LogP contribution in [0.5, 0.6) is 5.75 Å². The van der Waals surface area contributed by atoms with Gasteiger partial charge in [0.1, 0.15) is 10.6 Å². The van der Waals surface area contributed by atoms with Crippen LogP contribution in [0.1, 0.15) is 15.9 Å². The number of amides is 1. The molecule has 1 heterocycles. The largest absolute Gasteiger partial charge is 0.496 e. The summed E-state index contributed by atoms with van der Waals surface area (Å²) < 4.78 is 32.5. The molecule has 7 nitrogen and oxygen atoms in total. The standard InChI is InChI=1S/C13H15N3O4S/c1-9-4-5-10(6-12(9)20-3)13(17)15-21(18,19)11-7-14-16(2)8-11/h4-8H,1-3H3,(H,15,17). The highest BCUT2D eigenvalue weighted by molar-refractivity contribution is 7.90. The van der Waals surface area contributed by atoms with E-state index >= 15 is 0 Å². The summed E-state index contributed by atoms with van der Waals surface area (Å²) >= 11 is 0. The molecular formula is C13H15N3O4S.